The maximum atomic E-state index is 13.7. The Labute approximate surface area is 203 Å². The van der Waals surface area contributed by atoms with Crippen LogP contribution < -0.4 is 10.4 Å². The quantitative estimate of drug-likeness (QED) is 0.276. The first-order chi connectivity index (χ1) is 16.1. The average molecular weight is 477 g/mol. The van der Waals surface area contributed by atoms with Crippen LogP contribution in [0.15, 0.2) is 84.9 Å². The molecule has 0 amide bonds. The summed E-state index contributed by atoms with van der Waals surface area (Å²) in [6.45, 7) is 8.01. The Balaban J connectivity index is 2.12. The molecule has 3 rings (SSSR count). The molecular formula is C29H33FO3Si. The van der Waals surface area contributed by atoms with E-state index in [9.17, 15) is 14.0 Å². The predicted molar refractivity (Wildman–Crippen MR) is 137 cm³/mol. The number of hydrogen-bond acceptors (Lipinski definition) is 3. The summed E-state index contributed by atoms with van der Waals surface area (Å²) in [4.78, 5) is 23.9. The minimum Gasteiger partial charge on any atom is -0.400 e. The lowest BCUT2D eigenvalue weighted by molar-refractivity contribution is -0.126. The lowest BCUT2D eigenvalue weighted by atomic mass is 10.0. The third kappa shape index (κ3) is 5.96. The molecule has 1 unspecified atom stereocenters. The van der Waals surface area contributed by atoms with Gasteiger partial charge in [0.15, 0.2) is 0 Å². The van der Waals surface area contributed by atoms with Gasteiger partial charge in [0.1, 0.15) is 17.4 Å². The molecule has 0 aliphatic heterocycles. The zero-order valence-corrected chi connectivity index (χ0v) is 21.4. The monoisotopic (exact) mass is 476 g/mol. The fourth-order valence-corrected chi connectivity index (χ4v) is 9.23. The van der Waals surface area contributed by atoms with Crippen molar-refractivity contribution in [3.63, 3.8) is 0 Å². The molecule has 0 aliphatic rings. The van der Waals surface area contributed by atoms with Crippen molar-refractivity contribution in [1.29, 1.82) is 0 Å². The summed E-state index contributed by atoms with van der Waals surface area (Å²) in [5, 5.41) is 2.03. The topological polar surface area (TPSA) is 43.4 Å². The van der Waals surface area contributed by atoms with E-state index < -0.39 is 14.4 Å². The Morgan fingerprint density at radius 3 is 1.79 bits per heavy atom. The first-order valence-corrected chi connectivity index (χ1v) is 13.6. The van der Waals surface area contributed by atoms with Gasteiger partial charge in [-0.2, -0.15) is 0 Å². The second kappa shape index (κ2) is 11.0. The van der Waals surface area contributed by atoms with Crippen LogP contribution in [0, 0.1) is 5.82 Å². The minimum absolute atomic E-state index is 0.0741. The molecule has 3 aromatic rings. The fourth-order valence-electron chi connectivity index (χ4n) is 4.53. The van der Waals surface area contributed by atoms with Crippen LogP contribution in [0.4, 0.5) is 4.39 Å². The molecule has 0 heterocycles. The van der Waals surface area contributed by atoms with E-state index >= 15 is 0 Å². The Morgan fingerprint density at radius 1 is 0.853 bits per heavy atom. The average Bonchev–Trinajstić information content (AvgIpc) is 2.80. The third-order valence-corrected chi connectivity index (χ3v) is 11.2. The van der Waals surface area contributed by atoms with Crippen molar-refractivity contribution in [2.75, 3.05) is 0 Å². The molecule has 0 saturated heterocycles. The highest BCUT2D eigenvalue weighted by Gasteiger charge is 2.51. The van der Waals surface area contributed by atoms with Gasteiger partial charge in [-0.15, -0.1) is 0 Å². The fraction of sp³-hybridized carbons (Fsp3) is 0.310. The minimum atomic E-state index is -2.88. The van der Waals surface area contributed by atoms with E-state index in [1.54, 1.807) is 12.1 Å². The number of ketones is 2. The van der Waals surface area contributed by atoms with Gasteiger partial charge in [-0.05, 0) is 46.5 Å². The van der Waals surface area contributed by atoms with Crippen LogP contribution in [-0.4, -0.2) is 19.9 Å². The third-order valence-electron chi connectivity index (χ3n) is 6.11. The normalized spacial score (nSPS) is 12.9. The van der Waals surface area contributed by atoms with Crippen molar-refractivity contribution < 1.29 is 18.4 Å². The van der Waals surface area contributed by atoms with Crippen molar-refractivity contribution >= 4 is 30.3 Å². The highest BCUT2D eigenvalue weighted by atomic mass is 28.4. The molecule has 0 bridgehead atoms. The van der Waals surface area contributed by atoms with E-state index in [0.717, 1.165) is 15.9 Å². The van der Waals surface area contributed by atoms with Crippen LogP contribution >= 0.6 is 0 Å². The Hall–Kier alpha value is -2.89. The molecule has 3 aromatic carbocycles. The molecule has 0 saturated carbocycles. The molecule has 5 heteroatoms. The molecule has 0 aromatic heterocycles. The molecule has 0 fully saturated rings. The second-order valence-electron chi connectivity index (χ2n) is 9.78. The van der Waals surface area contributed by atoms with Crippen molar-refractivity contribution in [1.82, 2.24) is 0 Å². The van der Waals surface area contributed by atoms with Gasteiger partial charge in [0.25, 0.3) is 8.32 Å². The van der Waals surface area contributed by atoms with Gasteiger partial charge in [-0.3, -0.25) is 9.59 Å². The van der Waals surface area contributed by atoms with Crippen molar-refractivity contribution in [2.45, 2.75) is 58.1 Å². The van der Waals surface area contributed by atoms with E-state index in [1.165, 1.54) is 19.1 Å². The van der Waals surface area contributed by atoms with Crippen LogP contribution in [0.5, 0.6) is 0 Å². The standard InChI is InChI=1S/C29H33FO3Si/c1-22(31)21-25(32)19-20-28(23-15-17-24(30)18-16-23)33-34(29(2,3)4,26-11-7-5-8-12-26)27-13-9-6-10-14-27/h5-18,28H,19-21H2,1-4H3. The number of carbonyl (C=O) groups excluding carboxylic acids is 2. The molecule has 0 spiro atoms. The van der Waals surface area contributed by atoms with Crippen LogP contribution in [0.25, 0.3) is 0 Å². The van der Waals surface area contributed by atoms with Gasteiger partial charge in [-0.25, -0.2) is 4.39 Å². The second-order valence-corrected chi connectivity index (χ2v) is 14.0. The number of Topliss-reactive ketones (excluding diaryl/α,β-unsaturated/α-hetero) is 2. The molecule has 0 N–H and O–H groups in total. The van der Waals surface area contributed by atoms with Gasteiger partial charge in [0.05, 0.1) is 12.5 Å². The number of benzene rings is 3. The first-order valence-electron chi connectivity index (χ1n) is 11.7. The number of rotatable bonds is 10. The molecule has 3 nitrogen and oxygen atoms in total. The molecule has 34 heavy (non-hydrogen) atoms. The summed E-state index contributed by atoms with van der Waals surface area (Å²) < 4.78 is 21.0. The number of carbonyl (C=O) groups is 2. The maximum Gasteiger partial charge on any atom is 0.261 e. The molecular weight excluding hydrogens is 443 g/mol. The summed E-state index contributed by atoms with van der Waals surface area (Å²) in [5.41, 5.74) is 0.824. The van der Waals surface area contributed by atoms with Gasteiger partial charge in [-0.1, -0.05) is 93.6 Å². The molecule has 178 valence electrons. The van der Waals surface area contributed by atoms with E-state index in [4.69, 9.17) is 4.43 Å². The summed E-state index contributed by atoms with van der Waals surface area (Å²) in [6.07, 6.45) is 0.139. The van der Waals surface area contributed by atoms with E-state index in [0.29, 0.717) is 6.42 Å². The van der Waals surface area contributed by atoms with Crippen molar-refractivity contribution in [3.8, 4) is 0 Å². The Kier molecular flexibility index (Phi) is 8.34. The van der Waals surface area contributed by atoms with Crippen LogP contribution in [0.1, 0.15) is 58.6 Å². The van der Waals surface area contributed by atoms with Gasteiger partial charge in [0.2, 0.25) is 0 Å². The molecule has 0 radical (unpaired) electrons. The lowest BCUT2D eigenvalue weighted by Crippen LogP contribution is -2.66. The Morgan fingerprint density at radius 2 is 1.35 bits per heavy atom. The maximum absolute atomic E-state index is 13.7. The van der Waals surface area contributed by atoms with E-state index in [-0.39, 0.29) is 35.3 Å². The van der Waals surface area contributed by atoms with Gasteiger partial charge >= 0.3 is 0 Å². The predicted octanol–water partition coefficient (Wildman–Crippen LogP) is 5.77. The van der Waals surface area contributed by atoms with Crippen LogP contribution in [0.3, 0.4) is 0 Å². The zero-order valence-electron chi connectivity index (χ0n) is 20.4. The number of halogens is 1. The Bertz CT molecular complexity index is 1050. The lowest BCUT2D eigenvalue weighted by Gasteiger charge is -2.45. The van der Waals surface area contributed by atoms with Crippen molar-refractivity contribution in [2.24, 2.45) is 0 Å². The zero-order chi connectivity index (χ0) is 24.8. The van der Waals surface area contributed by atoms with Crippen LogP contribution in [-0.2, 0) is 14.0 Å². The summed E-state index contributed by atoms with van der Waals surface area (Å²) in [5.74, 6) is -0.567. The highest BCUT2D eigenvalue weighted by molar-refractivity contribution is 6.99. The highest BCUT2D eigenvalue weighted by Crippen LogP contribution is 2.41. The van der Waals surface area contributed by atoms with E-state index in [2.05, 4.69) is 45.0 Å². The van der Waals surface area contributed by atoms with Gasteiger partial charge in [0, 0.05) is 6.42 Å². The smallest absolute Gasteiger partial charge is 0.261 e. The summed E-state index contributed by atoms with van der Waals surface area (Å²) in [6, 6.07) is 26.9. The van der Waals surface area contributed by atoms with E-state index in [1.807, 2.05) is 36.4 Å². The summed E-state index contributed by atoms with van der Waals surface area (Å²) >= 11 is 0. The SMILES string of the molecule is CC(=O)CC(=O)CCC(O[Si](c1ccccc1)(c1ccccc1)C(C)(C)C)c1ccc(F)cc1. The summed E-state index contributed by atoms with van der Waals surface area (Å²) in [7, 11) is -2.88. The van der Waals surface area contributed by atoms with Crippen LogP contribution in [0.2, 0.25) is 5.04 Å². The largest absolute Gasteiger partial charge is 0.400 e. The molecule has 1 atom stereocenters. The number of hydrogen-bond donors (Lipinski definition) is 0. The van der Waals surface area contributed by atoms with Gasteiger partial charge < -0.3 is 4.43 Å². The first kappa shape index (κ1) is 25.7. The van der Waals surface area contributed by atoms with Crippen molar-refractivity contribution in [3.05, 3.63) is 96.3 Å². The molecule has 0 aliphatic carbocycles.